The SMILES string of the molecule is COc1ncccc1CNC(C)(C)CCO. The Balaban J connectivity index is 2.60. The first-order valence-corrected chi connectivity index (χ1v) is 5.43. The van der Waals surface area contributed by atoms with Gasteiger partial charge in [-0.3, -0.25) is 0 Å². The number of aliphatic hydroxyl groups is 1. The van der Waals surface area contributed by atoms with Crippen LogP contribution in [0.4, 0.5) is 0 Å². The fourth-order valence-electron chi connectivity index (χ4n) is 1.44. The topological polar surface area (TPSA) is 54.4 Å². The van der Waals surface area contributed by atoms with E-state index in [-0.39, 0.29) is 12.1 Å². The summed E-state index contributed by atoms with van der Waals surface area (Å²) in [7, 11) is 1.62. The molecule has 4 nitrogen and oxygen atoms in total. The molecule has 1 aromatic rings. The first-order valence-electron chi connectivity index (χ1n) is 5.43. The summed E-state index contributed by atoms with van der Waals surface area (Å²) in [5.74, 6) is 0.648. The summed E-state index contributed by atoms with van der Waals surface area (Å²) in [5, 5.41) is 12.3. The molecule has 0 aliphatic heterocycles. The molecular weight excluding hydrogens is 204 g/mol. The second-order valence-corrected chi connectivity index (χ2v) is 4.38. The Kier molecular flexibility index (Phi) is 4.71. The highest BCUT2D eigenvalue weighted by molar-refractivity contribution is 5.25. The van der Waals surface area contributed by atoms with E-state index in [9.17, 15) is 0 Å². The Labute approximate surface area is 96.7 Å². The molecular formula is C12H20N2O2. The molecule has 0 aliphatic rings. The molecule has 0 saturated carbocycles. The lowest BCUT2D eigenvalue weighted by Gasteiger charge is -2.25. The van der Waals surface area contributed by atoms with Crippen molar-refractivity contribution in [2.24, 2.45) is 0 Å². The van der Waals surface area contributed by atoms with Gasteiger partial charge < -0.3 is 15.2 Å². The smallest absolute Gasteiger partial charge is 0.217 e. The van der Waals surface area contributed by atoms with E-state index in [1.165, 1.54) is 0 Å². The third-order valence-electron chi connectivity index (χ3n) is 2.54. The second kappa shape index (κ2) is 5.82. The van der Waals surface area contributed by atoms with Crippen LogP contribution in [0.15, 0.2) is 18.3 Å². The summed E-state index contributed by atoms with van der Waals surface area (Å²) < 4.78 is 5.17. The summed E-state index contributed by atoms with van der Waals surface area (Å²) in [6, 6.07) is 3.87. The number of pyridine rings is 1. The number of hydrogen-bond acceptors (Lipinski definition) is 4. The minimum absolute atomic E-state index is 0.0877. The van der Waals surface area contributed by atoms with Gasteiger partial charge in [-0.05, 0) is 26.3 Å². The highest BCUT2D eigenvalue weighted by Gasteiger charge is 2.16. The van der Waals surface area contributed by atoms with E-state index in [0.29, 0.717) is 12.4 Å². The van der Waals surface area contributed by atoms with Crippen molar-refractivity contribution >= 4 is 0 Å². The number of ether oxygens (including phenoxy) is 1. The molecule has 0 aliphatic carbocycles. The molecule has 0 radical (unpaired) electrons. The molecule has 0 amide bonds. The Morgan fingerprint density at radius 2 is 2.25 bits per heavy atom. The van der Waals surface area contributed by atoms with Crippen LogP contribution >= 0.6 is 0 Å². The molecule has 1 rings (SSSR count). The van der Waals surface area contributed by atoms with Crippen LogP contribution in [0.2, 0.25) is 0 Å². The van der Waals surface area contributed by atoms with Crippen LogP contribution in [0.5, 0.6) is 5.88 Å². The summed E-state index contributed by atoms with van der Waals surface area (Å²) in [5.41, 5.74) is 0.936. The van der Waals surface area contributed by atoms with Crippen LogP contribution in [0.1, 0.15) is 25.8 Å². The number of aliphatic hydroxyl groups excluding tert-OH is 1. The first-order chi connectivity index (χ1) is 7.59. The number of nitrogens with zero attached hydrogens (tertiary/aromatic N) is 1. The lowest BCUT2D eigenvalue weighted by atomic mass is 10.0. The monoisotopic (exact) mass is 224 g/mol. The third-order valence-corrected chi connectivity index (χ3v) is 2.54. The van der Waals surface area contributed by atoms with E-state index in [1.54, 1.807) is 13.3 Å². The molecule has 0 atom stereocenters. The highest BCUT2D eigenvalue weighted by atomic mass is 16.5. The van der Waals surface area contributed by atoms with E-state index in [1.807, 2.05) is 12.1 Å². The van der Waals surface area contributed by atoms with Crippen molar-refractivity contribution in [3.63, 3.8) is 0 Å². The second-order valence-electron chi connectivity index (χ2n) is 4.38. The lowest BCUT2D eigenvalue weighted by molar-refractivity contribution is 0.229. The van der Waals surface area contributed by atoms with E-state index >= 15 is 0 Å². The van der Waals surface area contributed by atoms with Gasteiger partial charge in [0.15, 0.2) is 0 Å². The van der Waals surface area contributed by atoms with Gasteiger partial charge in [0.25, 0.3) is 0 Å². The molecule has 4 heteroatoms. The van der Waals surface area contributed by atoms with Crippen LogP contribution < -0.4 is 10.1 Å². The average molecular weight is 224 g/mol. The Bertz CT molecular complexity index is 327. The van der Waals surface area contributed by atoms with Crippen molar-refractivity contribution in [3.8, 4) is 5.88 Å². The maximum Gasteiger partial charge on any atom is 0.217 e. The summed E-state index contributed by atoms with van der Waals surface area (Å²) >= 11 is 0. The molecule has 90 valence electrons. The van der Waals surface area contributed by atoms with Gasteiger partial charge in [-0.1, -0.05) is 6.07 Å². The summed E-state index contributed by atoms with van der Waals surface area (Å²) in [6.45, 7) is 4.99. The normalized spacial score (nSPS) is 11.5. The zero-order valence-electron chi connectivity index (χ0n) is 10.2. The van der Waals surface area contributed by atoms with Gasteiger partial charge in [0.2, 0.25) is 5.88 Å². The van der Waals surface area contributed by atoms with Gasteiger partial charge in [-0.15, -0.1) is 0 Å². The maximum atomic E-state index is 8.92. The number of aromatic nitrogens is 1. The van der Waals surface area contributed by atoms with Crippen molar-refractivity contribution in [1.82, 2.24) is 10.3 Å². The van der Waals surface area contributed by atoms with E-state index < -0.39 is 0 Å². The van der Waals surface area contributed by atoms with Crippen molar-refractivity contribution < 1.29 is 9.84 Å². The maximum absolute atomic E-state index is 8.92. The predicted octanol–water partition coefficient (Wildman–Crippen LogP) is 1.34. The van der Waals surface area contributed by atoms with Crippen molar-refractivity contribution in [3.05, 3.63) is 23.9 Å². The van der Waals surface area contributed by atoms with Crippen molar-refractivity contribution in [2.45, 2.75) is 32.4 Å². The van der Waals surface area contributed by atoms with Crippen LogP contribution in [0.3, 0.4) is 0 Å². The predicted molar refractivity (Wildman–Crippen MR) is 63.4 cm³/mol. The molecule has 0 unspecified atom stereocenters. The number of hydrogen-bond donors (Lipinski definition) is 2. The summed E-state index contributed by atoms with van der Waals surface area (Å²) in [4.78, 5) is 4.13. The molecule has 1 heterocycles. The summed E-state index contributed by atoms with van der Waals surface area (Å²) in [6.07, 6.45) is 2.43. The molecule has 16 heavy (non-hydrogen) atoms. The van der Waals surface area contributed by atoms with Crippen LogP contribution in [-0.4, -0.2) is 29.3 Å². The lowest BCUT2D eigenvalue weighted by Crippen LogP contribution is -2.39. The Morgan fingerprint density at radius 1 is 1.50 bits per heavy atom. The highest BCUT2D eigenvalue weighted by Crippen LogP contribution is 2.15. The van der Waals surface area contributed by atoms with E-state index in [0.717, 1.165) is 12.0 Å². The number of nitrogens with one attached hydrogen (secondary N) is 1. The minimum Gasteiger partial charge on any atom is -0.481 e. The molecule has 0 spiro atoms. The number of methoxy groups -OCH3 is 1. The van der Waals surface area contributed by atoms with Crippen LogP contribution in [0.25, 0.3) is 0 Å². The Hall–Kier alpha value is -1.13. The van der Waals surface area contributed by atoms with Gasteiger partial charge in [-0.2, -0.15) is 0 Å². The van der Waals surface area contributed by atoms with Gasteiger partial charge in [0.05, 0.1) is 7.11 Å². The van der Waals surface area contributed by atoms with Gasteiger partial charge >= 0.3 is 0 Å². The van der Waals surface area contributed by atoms with Crippen LogP contribution in [0, 0.1) is 0 Å². The minimum atomic E-state index is -0.0877. The van der Waals surface area contributed by atoms with E-state index in [2.05, 4.69) is 24.1 Å². The molecule has 1 aromatic heterocycles. The van der Waals surface area contributed by atoms with Crippen LogP contribution in [-0.2, 0) is 6.54 Å². The molecule has 0 saturated heterocycles. The molecule has 0 aromatic carbocycles. The first kappa shape index (κ1) is 12.9. The van der Waals surface area contributed by atoms with Crippen molar-refractivity contribution in [2.75, 3.05) is 13.7 Å². The zero-order valence-corrected chi connectivity index (χ0v) is 10.2. The standard InChI is InChI=1S/C12H20N2O2/c1-12(2,6-8-15)14-9-10-5-4-7-13-11(10)16-3/h4-5,7,14-15H,6,8-9H2,1-3H3. The fraction of sp³-hybridized carbons (Fsp3) is 0.583. The molecule has 0 fully saturated rings. The van der Waals surface area contributed by atoms with Gasteiger partial charge in [0, 0.05) is 30.5 Å². The fourth-order valence-corrected chi connectivity index (χ4v) is 1.44. The average Bonchev–Trinajstić information content (AvgIpc) is 2.27. The van der Waals surface area contributed by atoms with Crippen molar-refractivity contribution in [1.29, 1.82) is 0 Å². The zero-order chi connectivity index (χ0) is 12.0. The van der Waals surface area contributed by atoms with Gasteiger partial charge in [0.1, 0.15) is 0 Å². The van der Waals surface area contributed by atoms with E-state index in [4.69, 9.17) is 9.84 Å². The third kappa shape index (κ3) is 3.79. The van der Waals surface area contributed by atoms with Gasteiger partial charge in [-0.25, -0.2) is 4.98 Å². The molecule has 0 bridgehead atoms. The Morgan fingerprint density at radius 3 is 2.88 bits per heavy atom. The largest absolute Gasteiger partial charge is 0.481 e. The number of rotatable bonds is 6. The quantitative estimate of drug-likeness (QED) is 0.765. The molecule has 2 N–H and O–H groups in total.